The van der Waals surface area contributed by atoms with E-state index in [0.717, 1.165) is 0 Å². The first-order valence-electron chi connectivity index (χ1n) is 6.07. The van der Waals surface area contributed by atoms with Crippen molar-refractivity contribution in [2.75, 3.05) is 0 Å². The molecule has 3 nitrogen and oxygen atoms in total. The lowest BCUT2D eigenvalue weighted by molar-refractivity contribution is -0.456. The smallest absolute Gasteiger partial charge is 0.245 e. The van der Waals surface area contributed by atoms with Crippen molar-refractivity contribution in [3.63, 3.8) is 0 Å². The molecule has 0 aliphatic heterocycles. The third-order valence-electron chi connectivity index (χ3n) is 2.98. The molecular weight excluding hydrogens is 371 g/mol. The predicted octanol–water partition coefficient (Wildman–Crippen LogP) is 4.54. The van der Waals surface area contributed by atoms with Crippen molar-refractivity contribution in [2.24, 2.45) is 5.92 Å². The van der Waals surface area contributed by atoms with Crippen molar-refractivity contribution in [1.29, 1.82) is 0 Å². The van der Waals surface area contributed by atoms with Crippen molar-refractivity contribution < 1.29 is 52.2 Å². The van der Waals surface area contributed by atoms with E-state index in [0.29, 0.717) is 0 Å². The molecule has 1 unspecified atom stereocenters. The molecule has 0 aliphatic rings. The van der Waals surface area contributed by atoms with E-state index in [1.807, 2.05) is 0 Å². The van der Waals surface area contributed by atoms with E-state index in [9.17, 15) is 47.4 Å². The summed E-state index contributed by atoms with van der Waals surface area (Å²) in [6, 6.07) is 0. The monoisotopic (exact) mass is 384 g/mol. The molecule has 23 heavy (non-hydrogen) atoms. The molecule has 0 spiro atoms. The van der Waals surface area contributed by atoms with Crippen molar-refractivity contribution in [3.8, 4) is 0 Å². The van der Waals surface area contributed by atoms with Crippen LogP contribution in [0.1, 0.15) is 33.1 Å². The topological polar surface area (TPSA) is 43.4 Å². The van der Waals surface area contributed by atoms with E-state index in [2.05, 4.69) is 4.74 Å². The zero-order valence-corrected chi connectivity index (χ0v) is 12.5. The highest BCUT2D eigenvalue weighted by atomic mass is 32.3. The van der Waals surface area contributed by atoms with Gasteiger partial charge in [0.2, 0.25) is 0 Å². The van der Waals surface area contributed by atoms with Crippen molar-refractivity contribution in [1.82, 2.24) is 0 Å². The Labute approximate surface area is 126 Å². The van der Waals surface area contributed by atoms with E-state index >= 15 is 0 Å². The lowest BCUT2D eigenvalue weighted by atomic mass is 9.99. The number of alkyl halides is 8. The third kappa shape index (κ3) is 4.88. The van der Waals surface area contributed by atoms with E-state index in [-0.39, 0.29) is 6.42 Å². The minimum atomic E-state index is -7.39. The van der Waals surface area contributed by atoms with Crippen molar-refractivity contribution in [2.45, 2.75) is 56.5 Å². The van der Waals surface area contributed by atoms with E-state index < -0.39 is 52.4 Å². The third-order valence-corrected chi connectivity index (χ3v) is 3.83. The molecule has 0 fully saturated rings. The first-order chi connectivity index (χ1) is 9.91. The average Bonchev–Trinajstić information content (AvgIpc) is 2.32. The number of halogens is 9. The second-order valence-electron chi connectivity index (χ2n) is 4.85. The van der Waals surface area contributed by atoms with Crippen LogP contribution < -0.4 is 0 Å². The van der Waals surface area contributed by atoms with E-state index in [1.54, 1.807) is 0 Å². The van der Waals surface area contributed by atoms with Crippen LogP contribution in [0.25, 0.3) is 0 Å². The molecule has 1 atom stereocenters. The van der Waals surface area contributed by atoms with Crippen molar-refractivity contribution >= 4 is 10.2 Å². The first-order valence-corrected chi connectivity index (χ1v) is 7.45. The Morgan fingerprint density at radius 1 is 0.957 bits per heavy atom. The molecular formula is C10H13F9O3S. The maximum atomic E-state index is 13.2. The average molecular weight is 384 g/mol. The van der Waals surface area contributed by atoms with Crippen LogP contribution in [0.15, 0.2) is 0 Å². The van der Waals surface area contributed by atoms with Gasteiger partial charge in [0.15, 0.2) is 0 Å². The maximum Gasteiger partial charge on any atom is 0.464 e. The Morgan fingerprint density at radius 2 is 1.39 bits per heavy atom. The molecule has 13 heteroatoms. The largest absolute Gasteiger partial charge is 0.464 e. The quantitative estimate of drug-likeness (QED) is 0.433. The molecule has 0 aromatic rings. The summed E-state index contributed by atoms with van der Waals surface area (Å²) < 4.78 is 137. The van der Waals surface area contributed by atoms with Crippen LogP contribution in [-0.2, 0) is 15.0 Å². The van der Waals surface area contributed by atoms with Crippen molar-refractivity contribution in [3.05, 3.63) is 0 Å². The van der Waals surface area contributed by atoms with Crippen LogP contribution in [0.2, 0.25) is 0 Å². The Bertz CT molecular complexity index is 504. The lowest BCUT2D eigenvalue weighted by Crippen LogP contribution is -2.55. The SMILES string of the molecule is CCC(C)CCC(F)(F)C(F)(F)OC(F)(F)C(F)(F)S(=O)(=O)F. The Morgan fingerprint density at radius 3 is 1.74 bits per heavy atom. The van der Waals surface area contributed by atoms with Gasteiger partial charge in [-0.25, -0.2) is 4.74 Å². The van der Waals surface area contributed by atoms with E-state index in [4.69, 9.17) is 0 Å². The Hall–Kier alpha value is -0.720. The summed E-state index contributed by atoms with van der Waals surface area (Å²) in [7, 11) is -7.39. The molecule has 0 heterocycles. The standard InChI is InChI=1S/C10H13F9O3S/c1-3-6(2)4-5-7(11,12)8(13,14)22-9(15,16)10(17,18)23(19,20)21/h6H,3-5H2,1-2H3. The molecule has 0 aromatic carbocycles. The van der Waals surface area contributed by atoms with Crippen LogP contribution in [0.3, 0.4) is 0 Å². The zero-order chi connectivity index (χ0) is 18.9. The van der Waals surface area contributed by atoms with Gasteiger partial charge >= 0.3 is 33.6 Å². The fourth-order valence-electron chi connectivity index (χ4n) is 1.21. The summed E-state index contributed by atoms with van der Waals surface area (Å²) in [5.74, 6) is -5.82. The Balaban J connectivity index is 5.37. The molecule has 0 saturated carbocycles. The van der Waals surface area contributed by atoms with Gasteiger partial charge in [-0.15, -0.1) is 0 Å². The minimum Gasteiger partial charge on any atom is -0.245 e. The van der Waals surface area contributed by atoms with Gasteiger partial charge in [-0.3, -0.25) is 0 Å². The molecule has 0 rings (SSSR count). The van der Waals surface area contributed by atoms with Gasteiger partial charge in [-0.05, 0) is 12.3 Å². The number of hydrogen-bond acceptors (Lipinski definition) is 3. The van der Waals surface area contributed by atoms with Gasteiger partial charge in [0.05, 0.1) is 0 Å². The molecule has 0 saturated heterocycles. The molecule has 0 aliphatic carbocycles. The summed E-state index contributed by atoms with van der Waals surface area (Å²) in [4.78, 5) is 0. The highest BCUT2D eigenvalue weighted by Crippen LogP contribution is 2.48. The molecule has 0 aromatic heterocycles. The number of ether oxygens (including phenoxy) is 1. The van der Waals surface area contributed by atoms with Gasteiger partial charge in [-0.2, -0.15) is 43.5 Å². The van der Waals surface area contributed by atoms with E-state index in [1.165, 1.54) is 13.8 Å². The normalized spacial score (nSPS) is 16.5. The maximum absolute atomic E-state index is 13.2. The summed E-state index contributed by atoms with van der Waals surface area (Å²) in [5, 5.41) is -6.77. The van der Waals surface area contributed by atoms with Gasteiger partial charge in [0, 0.05) is 6.42 Å². The molecule has 0 amide bonds. The van der Waals surface area contributed by atoms with Gasteiger partial charge in [-0.1, -0.05) is 24.2 Å². The summed E-state index contributed by atoms with van der Waals surface area (Å²) in [6.45, 7) is 2.91. The Kier molecular flexibility index (Phi) is 6.44. The second-order valence-corrected chi connectivity index (χ2v) is 6.24. The summed E-state index contributed by atoms with van der Waals surface area (Å²) in [6.07, 6.45) is -14.9. The van der Waals surface area contributed by atoms with Crippen LogP contribution in [-0.4, -0.2) is 31.8 Å². The van der Waals surface area contributed by atoms with Crippen LogP contribution in [0.5, 0.6) is 0 Å². The lowest BCUT2D eigenvalue weighted by Gasteiger charge is -2.31. The predicted molar refractivity (Wildman–Crippen MR) is 59.6 cm³/mol. The fourth-order valence-corrected chi connectivity index (χ4v) is 1.54. The van der Waals surface area contributed by atoms with Crippen LogP contribution >= 0.6 is 0 Å². The molecule has 0 bridgehead atoms. The van der Waals surface area contributed by atoms with Gasteiger partial charge < -0.3 is 0 Å². The highest BCUT2D eigenvalue weighted by Gasteiger charge is 2.74. The molecule has 0 radical (unpaired) electrons. The minimum absolute atomic E-state index is 0.289. The zero-order valence-electron chi connectivity index (χ0n) is 11.7. The van der Waals surface area contributed by atoms with Gasteiger partial charge in [0.25, 0.3) is 0 Å². The van der Waals surface area contributed by atoms with Crippen LogP contribution in [0, 0.1) is 5.92 Å². The number of rotatable bonds is 9. The second kappa shape index (κ2) is 6.65. The summed E-state index contributed by atoms with van der Waals surface area (Å²) in [5.41, 5.74) is 0. The number of hydrogen-bond donors (Lipinski definition) is 0. The molecule has 0 N–H and O–H groups in total. The first kappa shape index (κ1) is 22.3. The highest BCUT2D eigenvalue weighted by molar-refractivity contribution is 7.87. The van der Waals surface area contributed by atoms with Gasteiger partial charge in [0.1, 0.15) is 0 Å². The fraction of sp³-hybridized carbons (Fsp3) is 1.00. The van der Waals surface area contributed by atoms with Crippen LogP contribution in [0.4, 0.5) is 39.0 Å². The summed E-state index contributed by atoms with van der Waals surface area (Å²) >= 11 is 0. The molecule has 140 valence electrons.